The van der Waals surface area contributed by atoms with E-state index in [1.165, 1.54) is 0 Å². The van der Waals surface area contributed by atoms with Crippen molar-refractivity contribution in [3.63, 3.8) is 0 Å². The third-order valence-electron chi connectivity index (χ3n) is 1.38. The topological polar surface area (TPSA) is 75.4 Å². The summed E-state index contributed by atoms with van der Waals surface area (Å²) in [5, 5.41) is 14.2. The fraction of sp³-hybridized carbons (Fsp3) is 0.429. The van der Waals surface area contributed by atoms with Gasteiger partial charge in [0.15, 0.2) is 5.76 Å². The second-order valence-electron chi connectivity index (χ2n) is 2.30. The van der Waals surface area contributed by atoms with Gasteiger partial charge in [0.1, 0.15) is 0 Å². The largest absolute Gasteiger partial charge is 0.465 e. The maximum atomic E-state index is 10.1. The number of nitrogens with zero attached hydrogens (tertiary/aromatic N) is 1. The zero-order chi connectivity index (χ0) is 8.97. The van der Waals surface area contributed by atoms with E-state index in [2.05, 4.69) is 10.5 Å². The van der Waals surface area contributed by atoms with Gasteiger partial charge < -0.3 is 14.9 Å². The second-order valence-corrected chi connectivity index (χ2v) is 2.30. The van der Waals surface area contributed by atoms with E-state index in [-0.39, 0.29) is 6.54 Å². The predicted molar refractivity (Wildman–Crippen MR) is 40.7 cm³/mol. The van der Waals surface area contributed by atoms with Crippen molar-refractivity contribution in [2.24, 2.45) is 0 Å². The Hall–Kier alpha value is -1.52. The van der Waals surface area contributed by atoms with Crippen LogP contribution in [0.4, 0.5) is 4.79 Å². The van der Waals surface area contributed by atoms with Gasteiger partial charge >= 0.3 is 6.09 Å². The fourth-order valence-electron chi connectivity index (χ4n) is 0.768. The molecule has 66 valence electrons. The summed E-state index contributed by atoms with van der Waals surface area (Å²) in [5.74, 6) is 0.536. The molecule has 0 aliphatic heterocycles. The monoisotopic (exact) mass is 170 g/mol. The summed E-state index contributed by atoms with van der Waals surface area (Å²) in [6.07, 6.45) is -0.277. The highest BCUT2D eigenvalue weighted by Gasteiger charge is 2.02. The van der Waals surface area contributed by atoms with Crippen LogP contribution in [-0.4, -0.2) is 16.4 Å². The summed E-state index contributed by atoms with van der Waals surface area (Å²) in [4.78, 5) is 10.1. The highest BCUT2D eigenvalue weighted by Crippen LogP contribution is 2.02. The number of hydrogen-bond acceptors (Lipinski definition) is 3. The Morgan fingerprint density at radius 1 is 1.83 bits per heavy atom. The molecule has 12 heavy (non-hydrogen) atoms. The molecule has 1 rings (SSSR count). The molecule has 1 aromatic heterocycles. The Balaban J connectivity index is 2.47. The quantitative estimate of drug-likeness (QED) is 0.709. The Labute approximate surface area is 69.4 Å². The van der Waals surface area contributed by atoms with Gasteiger partial charge in [-0.3, -0.25) is 0 Å². The minimum Gasteiger partial charge on any atom is -0.465 e. The summed E-state index contributed by atoms with van der Waals surface area (Å²) in [7, 11) is 0. The van der Waals surface area contributed by atoms with E-state index in [0.29, 0.717) is 5.76 Å². The van der Waals surface area contributed by atoms with E-state index in [1.54, 1.807) is 6.07 Å². The lowest BCUT2D eigenvalue weighted by Crippen LogP contribution is -2.19. The first-order valence-electron chi connectivity index (χ1n) is 3.63. The molecule has 0 spiro atoms. The van der Waals surface area contributed by atoms with E-state index in [4.69, 9.17) is 9.63 Å². The summed E-state index contributed by atoms with van der Waals surface area (Å²) >= 11 is 0. The summed E-state index contributed by atoms with van der Waals surface area (Å²) in [6.45, 7) is 2.12. The summed E-state index contributed by atoms with van der Waals surface area (Å²) in [6, 6.07) is 1.73. The van der Waals surface area contributed by atoms with Crippen molar-refractivity contribution in [2.75, 3.05) is 0 Å². The van der Waals surface area contributed by atoms with E-state index in [9.17, 15) is 4.79 Å². The van der Waals surface area contributed by atoms with Gasteiger partial charge in [0.2, 0.25) is 0 Å². The number of aromatic nitrogens is 1. The molecule has 1 aromatic rings. The normalized spacial score (nSPS) is 9.75. The molecule has 0 saturated carbocycles. The molecule has 0 aromatic carbocycles. The van der Waals surface area contributed by atoms with Crippen LogP contribution < -0.4 is 5.32 Å². The second kappa shape index (κ2) is 3.75. The first kappa shape index (κ1) is 8.58. The summed E-state index contributed by atoms with van der Waals surface area (Å²) < 4.78 is 4.83. The van der Waals surface area contributed by atoms with E-state index in [1.807, 2.05) is 6.92 Å². The number of amides is 1. The molecule has 2 N–H and O–H groups in total. The first-order chi connectivity index (χ1) is 5.72. The minimum absolute atomic E-state index is 0.169. The average molecular weight is 170 g/mol. The van der Waals surface area contributed by atoms with Crippen molar-refractivity contribution < 1.29 is 14.4 Å². The van der Waals surface area contributed by atoms with Gasteiger partial charge in [0.05, 0.1) is 12.2 Å². The molecule has 1 heterocycles. The fourth-order valence-corrected chi connectivity index (χ4v) is 0.768. The molecule has 0 saturated heterocycles. The van der Waals surface area contributed by atoms with Crippen LogP contribution in [0.2, 0.25) is 0 Å². The Bertz CT molecular complexity index is 269. The molecule has 0 aliphatic rings. The maximum absolute atomic E-state index is 10.1. The lowest BCUT2D eigenvalue weighted by Gasteiger charge is -1.92. The van der Waals surface area contributed by atoms with Crippen molar-refractivity contribution in [2.45, 2.75) is 19.9 Å². The van der Waals surface area contributed by atoms with Gasteiger partial charge in [0, 0.05) is 6.07 Å². The molecule has 0 aliphatic carbocycles. The third-order valence-corrected chi connectivity index (χ3v) is 1.38. The number of rotatable bonds is 3. The molecule has 0 bridgehead atoms. The standard InChI is InChI=1S/C7H10N2O3/c1-2-5-3-6(12-9-5)4-8-7(10)11/h3,8H,2,4H2,1H3,(H,10,11). The number of carbonyl (C=O) groups is 1. The van der Waals surface area contributed by atoms with Crippen molar-refractivity contribution in [1.82, 2.24) is 10.5 Å². The van der Waals surface area contributed by atoms with E-state index in [0.717, 1.165) is 12.1 Å². The SMILES string of the molecule is CCc1cc(CNC(=O)O)on1. The molecule has 5 nitrogen and oxygen atoms in total. The lowest BCUT2D eigenvalue weighted by molar-refractivity contribution is 0.192. The maximum Gasteiger partial charge on any atom is 0.405 e. The molecule has 0 unspecified atom stereocenters. The van der Waals surface area contributed by atoms with Crippen molar-refractivity contribution in [1.29, 1.82) is 0 Å². The molecule has 0 radical (unpaired) electrons. The Kier molecular flexibility index (Phi) is 2.68. The van der Waals surface area contributed by atoms with E-state index < -0.39 is 6.09 Å². The van der Waals surface area contributed by atoms with Crippen LogP contribution in [0.15, 0.2) is 10.6 Å². The average Bonchev–Trinajstić information content (AvgIpc) is 2.48. The van der Waals surface area contributed by atoms with Gasteiger partial charge in [-0.05, 0) is 6.42 Å². The molecular weight excluding hydrogens is 160 g/mol. The Morgan fingerprint density at radius 2 is 2.58 bits per heavy atom. The molecular formula is C7H10N2O3. The minimum atomic E-state index is -1.07. The smallest absolute Gasteiger partial charge is 0.405 e. The van der Waals surface area contributed by atoms with Crippen molar-refractivity contribution in [3.8, 4) is 0 Å². The summed E-state index contributed by atoms with van der Waals surface area (Å²) in [5.41, 5.74) is 0.831. The van der Waals surface area contributed by atoms with Gasteiger partial charge in [-0.2, -0.15) is 0 Å². The molecule has 0 atom stereocenters. The molecule has 1 amide bonds. The van der Waals surface area contributed by atoms with Gasteiger partial charge in [-0.15, -0.1) is 0 Å². The molecule has 0 fully saturated rings. The number of nitrogens with one attached hydrogen (secondary N) is 1. The number of hydrogen-bond donors (Lipinski definition) is 2. The van der Waals surface area contributed by atoms with Gasteiger partial charge in [-0.25, -0.2) is 4.79 Å². The number of aryl methyl sites for hydroxylation is 1. The van der Waals surface area contributed by atoms with Crippen LogP contribution in [0, 0.1) is 0 Å². The molecule has 5 heteroatoms. The third kappa shape index (κ3) is 2.26. The highest BCUT2D eigenvalue weighted by molar-refractivity contribution is 5.64. The zero-order valence-corrected chi connectivity index (χ0v) is 6.70. The van der Waals surface area contributed by atoms with Crippen LogP contribution in [0.1, 0.15) is 18.4 Å². The predicted octanol–water partition coefficient (Wildman–Crippen LogP) is 1.00. The van der Waals surface area contributed by atoms with Crippen molar-refractivity contribution >= 4 is 6.09 Å². The Morgan fingerprint density at radius 3 is 3.08 bits per heavy atom. The lowest BCUT2D eigenvalue weighted by atomic mass is 10.3. The van der Waals surface area contributed by atoms with Crippen molar-refractivity contribution in [3.05, 3.63) is 17.5 Å². The van der Waals surface area contributed by atoms with Crippen LogP contribution in [0.25, 0.3) is 0 Å². The zero-order valence-electron chi connectivity index (χ0n) is 6.70. The van der Waals surface area contributed by atoms with Gasteiger partial charge in [0.25, 0.3) is 0 Å². The highest BCUT2D eigenvalue weighted by atomic mass is 16.5. The van der Waals surface area contributed by atoms with Crippen LogP contribution in [-0.2, 0) is 13.0 Å². The van der Waals surface area contributed by atoms with Crippen LogP contribution in [0.3, 0.4) is 0 Å². The first-order valence-corrected chi connectivity index (χ1v) is 3.63. The number of carboxylic acid groups (broad SMARTS) is 1. The van der Waals surface area contributed by atoms with Crippen LogP contribution in [0.5, 0.6) is 0 Å². The van der Waals surface area contributed by atoms with Gasteiger partial charge in [-0.1, -0.05) is 12.1 Å². The van der Waals surface area contributed by atoms with Crippen LogP contribution >= 0.6 is 0 Å². The van der Waals surface area contributed by atoms with E-state index >= 15 is 0 Å².